The Morgan fingerprint density at radius 3 is 2.60 bits per heavy atom. The molecule has 2 rings (SSSR count). The van der Waals surface area contributed by atoms with Crippen LogP contribution in [0, 0.1) is 0 Å². The standard InChI is InChI=1S/C14H19NO5/c1-4-15(5-2)13(16)12-14(17)20-11-8-9(18-3)6-7-10(11)19-12/h6-8,12,14,17H,4-5H2,1-3H3/t12-,14-/m0/s1. The molecule has 1 aliphatic heterocycles. The van der Waals surface area contributed by atoms with Crippen molar-refractivity contribution in [3.8, 4) is 17.2 Å². The summed E-state index contributed by atoms with van der Waals surface area (Å²) in [5.41, 5.74) is 0. The van der Waals surface area contributed by atoms with Crippen LogP contribution in [0.3, 0.4) is 0 Å². The number of methoxy groups -OCH3 is 1. The molecular weight excluding hydrogens is 262 g/mol. The van der Waals surface area contributed by atoms with Crippen LogP contribution in [0.2, 0.25) is 0 Å². The minimum atomic E-state index is -1.33. The molecule has 0 bridgehead atoms. The Morgan fingerprint density at radius 1 is 1.30 bits per heavy atom. The van der Waals surface area contributed by atoms with Crippen molar-refractivity contribution in [1.29, 1.82) is 0 Å². The van der Waals surface area contributed by atoms with Gasteiger partial charge in [-0.05, 0) is 26.0 Å². The third-order valence-corrected chi connectivity index (χ3v) is 3.23. The summed E-state index contributed by atoms with van der Waals surface area (Å²) in [5, 5.41) is 9.95. The molecule has 1 heterocycles. The maximum Gasteiger partial charge on any atom is 0.270 e. The first-order chi connectivity index (χ1) is 9.60. The van der Waals surface area contributed by atoms with E-state index in [1.54, 1.807) is 23.1 Å². The van der Waals surface area contributed by atoms with Gasteiger partial charge in [0, 0.05) is 19.2 Å². The Morgan fingerprint density at radius 2 is 2.00 bits per heavy atom. The molecule has 0 saturated heterocycles. The van der Waals surface area contributed by atoms with E-state index in [9.17, 15) is 9.90 Å². The first-order valence-corrected chi connectivity index (χ1v) is 6.58. The quantitative estimate of drug-likeness (QED) is 0.892. The van der Waals surface area contributed by atoms with E-state index >= 15 is 0 Å². The number of carbonyl (C=O) groups is 1. The summed E-state index contributed by atoms with van der Waals surface area (Å²) >= 11 is 0. The number of aliphatic hydroxyl groups is 1. The lowest BCUT2D eigenvalue weighted by Crippen LogP contribution is -2.51. The molecule has 1 aromatic rings. The molecule has 1 aliphatic rings. The zero-order valence-corrected chi connectivity index (χ0v) is 11.8. The number of hydrogen-bond donors (Lipinski definition) is 1. The van der Waals surface area contributed by atoms with Gasteiger partial charge in [0.1, 0.15) is 5.75 Å². The van der Waals surface area contributed by atoms with Gasteiger partial charge in [-0.25, -0.2) is 0 Å². The molecule has 6 nitrogen and oxygen atoms in total. The number of ether oxygens (including phenoxy) is 3. The molecule has 0 fully saturated rings. The summed E-state index contributed by atoms with van der Waals surface area (Å²) in [6.07, 6.45) is -2.38. The van der Waals surface area contributed by atoms with E-state index in [1.807, 2.05) is 13.8 Å². The van der Waals surface area contributed by atoms with Crippen molar-refractivity contribution in [2.24, 2.45) is 0 Å². The van der Waals surface area contributed by atoms with Crippen molar-refractivity contribution in [2.75, 3.05) is 20.2 Å². The normalized spacial score (nSPS) is 20.4. The van der Waals surface area contributed by atoms with Gasteiger partial charge >= 0.3 is 0 Å². The largest absolute Gasteiger partial charge is 0.497 e. The fourth-order valence-corrected chi connectivity index (χ4v) is 2.08. The Bertz CT molecular complexity index is 486. The highest BCUT2D eigenvalue weighted by Crippen LogP contribution is 2.36. The average molecular weight is 281 g/mol. The fraction of sp³-hybridized carbons (Fsp3) is 0.500. The van der Waals surface area contributed by atoms with Crippen molar-refractivity contribution in [2.45, 2.75) is 26.2 Å². The average Bonchev–Trinajstić information content (AvgIpc) is 2.47. The number of benzene rings is 1. The number of fused-ring (bicyclic) bond motifs is 1. The number of rotatable bonds is 4. The van der Waals surface area contributed by atoms with E-state index in [2.05, 4.69) is 0 Å². The number of amides is 1. The van der Waals surface area contributed by atoms with Gasteiger partial charge in [0.25, 0.3) is 5.91 Å². The molecule has 6 heteroatoms. The predicted octanol–water partition coefficient (Wildman–Crippen LogP) is 1.02. The number of hydrogen-bond acceptors (Lipinski definition) is 5. The van der Waals surface area contributed by atoms with Crippen molar-refractivity contribution in [3.05, 3.63) is 18.2 Å². The molecule has 0 unspecified atom stereocenters. The third kappa shape index (κ3) is 2.65. The van der Waals surface area contributed by atoms with Crippen LogP contribution in [0.1, 0.15) is 13.8 Å². The highest BCUT2D eigenvalue weighted by atomic mass is 16.7. The maximum absolute atomic E-state index is 12.2. The number of aliphatic hydroxyl groups excluding tert-OH is 1. The lowest BCUT2D eigenvalue weighted by Gasteiger charge is -2.32. The molecule has 0 radical (unpaired) electrons. The minimum Gasteiger partial charge on any atom is -0.497 e. The molecule has 0 saturated carbocycles. The van der Waals surface area contributed by atoms with Crippen LogP contribution in [0.5, 0.6) is 17.2 Å². The SMILES string of the molecule is CCN(CC)C(=O)[C@@H]1Oc2ccc(OC)cc2O[C@@H]1O. The van der Waals surface area contributed by atoms with Gasteiger partial charge in [0.15, 0.2) is 11.5 Å². The molecule has 0 aromatic heterocycles. The van der Waals surface area contributed by atoms with Gasteiger partial charge < -0.3 is 24.2 Å². The number of carbonyl (C=O) groups excluding carboxylic acids is 1. The monoisotopic (exact) mass is 281 g/mol. The zero-order chi connectivity index (χ0) is 14.7. The van der Waals surface area contributed by atoms with Gasteiger partial charge in [-0.2, -0.15) is 0 Å². The molecule has 1 amide bonds. The topological polar surface area (TPSA) is 68.2 Å². The van der Waals surface area contributed by atoms with Crippen LogP contribution in [0.4, 0.5) is 0 Å². The van der Waals surface area contributed by atoms with Gasteiger partial charge in [-0.1, -0.05) is 0 Å². The molecule has 1 N–H and O–H groups in total. The Hall–Kier alpha value is -1.95. The Kier molecular flexibility index (Phi) is 4.34. The highest BCUT2D eigenvalue weighted by molar-refractivity contribution is 5.82. The minimum absolute atomic E-state index is 0.288. The molecule has 0 spiro atoms. The fourth-order valence-electron chi connectivity index (χ4n) is 2.08. The van der Waals surface area contributed by atoms with Gasteiger partial charge in [-0.3, -0.25) is 4.79 Å². The maximum atomic E-state index is 12.2. The molecular formula is C14H19NO5. The first kappa shape index (κ1) is 14.5. The second-order valence-corrected chi connectivity index (χ2v) is 4.37. The first-order valence-electron chi connectivity index (χ1n) is 6.58. The van der Waals surface area contributed by atoms with Crippen LogP contribution in [-0.2, 0) is 4.79 Å². The van der Waals surface area contributed by atoms with E-state index < -0.39 is 12.4 Å². The summed E-state index contributed by atoms with van der Waals surface area (Å²) in [6, 6.07) is 4.97. The lowest BCUT2D eigenvalue weighted by atomic mass is 10.2. The zero-order valence-electron chi connectivity index (χ0n) is 11.8. The van der Waals surface area contributed by atoms with E-state index in [4.69, 9.17) is 14.2 Å². The summed E-state index contributed by atoms with van der Waals surface area (Å²) in [7, 11) is 1.54. The van der Waals surface area contributed by atoms with Crippen molar-refractivity contribution in [3.63, 3.8) is 0 Å². The second kappa shape index (κ2) is 6.00. The van der Waals surface area contributed by atoms with Crippen LogP contribution >= 0.6 is 0 Å². The van der Waals surface area contributed by atoms with Crippen molar-refractivity contribution in [1.82, 2.24) is 4.90 Å². The third-order valence-electron chi connectivity index (χ3n) is 3.23. The summed E-state index contributed by atoms with van der Waals surface area (Å²) < 4.78 is 16.0. The van der Waals surface area contributed by atoms with Gasteiger partial charge in [-0.15, -0.1) is 0 Å². The molecule has 1 aromatic carbocycles. The lowest BCUT2D eigenvalue weighted by molar-refractivity contribution is -0.162. The molecule has 2 atom stereocenters. The van der Waals surface area contributed by atoms with Gasteiger partial charge in [0.05, 0.1) is 7.11 Å². The van der Waals surface area contributed by atoms with Crippen LogP contribution < -0.4 is 14.2 Å². The van der Waals surface area contributed by atoms with Crippen LogP contribution in [0.15, 0.2) is 18.2 Å². The molecule has 0 aliphatic carbocycles. The molecule has 20 heavy (non-hydrogen) atoms. The summed E-state index contributed by atoms with van der Waals surface area (Å²) in [5.74, 6) is 1.08. The van der Waals surface area contributed by atoms with E-state index in [1.165, 1.54) is 7.11 Å². The van der Waals surface area contributed by atoms with Gasteiger partial charge in [0.2, 0.25) is 12.4 Å². The predicted molar refractivity (Wildman–Crippen MR) is 72.0 cm³/mol. The number of nitrogens with zero attached hydrogens (tertiary/aromatic N) is 1. The Balaban J connectivity index is 2.21. The van der Waals surface area contributed by atoms with Crippen molar-refractivity contribution >= 4 is 5.91 Å². The smallest absolute Gasteiger partial charge is 0.270 e. The van der Waals surface area contributed by atoms with Crippen molar-refractivity contribution < 1.29 is 24.1 Å². The van der Waals surface area contributed by atoms with E-state index in [0.717, 1.165) is 0 Å². The molecule has 110 valence electrons. The number of likely N-dealkylation sites (N-methyl/N-ethyl adjacent to an activating group) is 1. The summed E-state index contributed by atoms with van der Waals surface area (Å²) in [6.45, 7) is 4.85. The Labute approximate surface area is 117 Å². The van der Waals surface area contributed by atoms with E-state index in [0.29, 0.717) is 30.3 Å². The highest BCUT2D eigenvalue weighted by Gasteiger charge is 2.38. The summed E-state index contributed by atoms with van der Waals surface area (Å²) in [4.78, 5) is 13.8. The van der Waals surface area contributed by atoms with Crippen LogP contribution in [0.25, 0.3) is 0 Å². The van der Waals surface area contributed by atoms with Crippen LogP contribution in [-0.4, -0.2) is 48.5 Å². The van der Waals surface area contributed by atoms with E-state index in [-0.39, 0.29) is 5.91 Å². The second-order valence-electron chi connectivity index (χ2n) is 4.37.